The molecule has 0 N–H and O–H groups in total. The number of nitroso groups, excluding NO2 is 1. The summed E-state index contributed by atoms with van der Waals surface area (Å²) in [5.41, 5.74) is 2.55. The van der Waals surface area contributed by atoms with Gasteiger partial charge in [0.2, 0.25) is 0 Å². The summed E-state index contributed by atoms with van der Waals surface area (Å²) in [6.07, 6.45) is 3.37. The van der Waals surface area contributed by atoms with Gasteiger partial charge in [-0.1, -0.05) is 13.8 Å². The first kappa shape index (κ1) is 9.23. The second kappa shape index (κ2) is 3.70. The minimum atomic E-state index is 0.463. The van der Waals surface area contributed by atoms with Crippen molar-refractivity contribution in [2.75, 3.05) is 7.05 Å². The van der Waals surface area contributed by atoms with Gasteiger partial charge in [0.05, 0.1) is 5.29 Å². The van der Waals surface area contributed by atoms with E-state index in [1.165, 1.54) is 10.6 Å². The van der Waals surface area contributed by atoms with Crippen LogP contribution in [0.25, 0.3) is 0 Å². The lowest BCUT2D eigenvalue weighted by molar-refractivity contribution is 0.373. The normalized spacial score (nSPS) is 17.1. The van der Waals surface area contributed by atoms with Crippen LogP contribution in [-0.2, 0) is 0 Å². The standard InChI is InChI=1S/C9H16N2O/c1-4-7(2)9(8-5-6-8)11(3)10-12/h7H,4-6H2,1-3H3. The van der Waals surface area contributed by atoms with Crippen LogP contribution in [0.3, 0.4) is 0 Å². The Bertz CT molecular complexity index is 205. The second-order valence-electron chi connectivity index (χ2n) is 3.40. The summed E-state index contributed by atoms with van der Waals surface area (Å²) < 4.78 is 0. The summed E-state index contributed by atoms with van der Waals surface area (Å²) in [7, 11) is 1.74. The first-order chi connectivity index (χ1) is 5.70. The average Bonchev–Trinajstić information content (AvgIpc) is 2.88. The fourth-order valence-corrected chi connectivity index (χ4v) is 1.45. The second-order valence-corrected chi connectivity index (χ2v) is 3.40. The van der Waals surface area contributed by atoms with E-state index in [1.54, 1.807) is 7.05 Å². The molecule has 3 nitrogen and oxygen atoms in total. The van der Waals surface area contributed by atoms with Gasteiger partial charge in [0, 0.05) is 12.7 Å². The molecular formula is C9H16N2O. The van der Waals surface area contributed by atoms with Crippen molar-refractivity contribution in [1.82, 2.24) is 5.01 Å². The molecule has 1 atom stereocenters. The van der Waals surface area contributed by atoms with Gasteiger partial charge in [0.1, 0.15) is 0 Å². The Morgan fingerprint density at radius 2 is 2.25 bits per heavy atom. The van der Waals surface area contributed by atoms with Crippen LogP contribution in [-0.4, -0.2) is 12.1 Å². The number of nitrogens with zero attached hydrogens (tertiary/aromatic N) is 2. The molecule has 0 aromatic carbocycles. The maximum absolute atomic E-state index is 10.3. The third kappa shape index (κ3) is 1.84. The summed E-state index contributed by atoms with van der Waals surface area (Å²) in [5.74, 6) is 0.463. The predicted octanol–water partition coefficient (Wildman–Crippen LogP) is 2.69. The lowest BCUT2D eigenvalue weighted by Crippen LogP contribution is -2.15. The van der Waals surface area contributed by atoms with E-state index in [1.807, 2.05) is 0 Å². The van der Waals surface area contributed by atoms with Gasteiger partial charge in [-0.15, -0.1) is 4.91 Å². The molecule has 0 aromatic rings. The van der Waals surface area contributed by atoms with Crippen LogP contribution < -0.4 is 0 Å². The molecule has 0 aliphatic heterocycles. The Morgan fingerprint density at radius 3 is 2.58 bits per heavy atom. The Labute approximate surface area is 73.4 Å². The molecule has 0 spiro atoms. The molecule has 1 fully saturated rings. The smallest absolute Gasteiger partial charge is 0.0568 e. The van der Waals surface area contributed by atoms with Gasteiger partial charge >= 0.3 is 0 Å². The van der Waals surface area contributed by atoms with Crippen LogP contribution >= 0.6 is 0 Å². The van der Waals surface area contributed by atoms with Crippen LogP contribution in [0.4, 0.5) is 0 Å². The first-order valence-electron chi connectivity index (χ1n) is 4.49. The number of allylic oxidation sites excluding steroid dienone is 2. The van der Waals surface area contributed by atoms with Crippen LogP contribution in [0.5, 0.6) is 0 Å². The Morgan fingerprint density at radius 1 is 1.67 bits per heavy atom. The highest BCUT2D eigenvalue weighted by molar-refractivity contribution is 5.25. The van der Waals surface area contributed by atoms with E-state index in [-0.39, 0.29) is 0 Å². The highest BCUT2D eigenvalue weighted by Gasteiger charge is 2.24. The number of rotatable bonds is 4. The molecule has 0 bridgehead atoms. The number of hydrogen-bond donors (Lipinski definition) is 0. The monoisotopic (exact) mass is 168 g/mol. The van der Waals surface area contributed by atoms with Crippen LogP contribution in [0.2, 0.25) is 0 Å². The summed E-state index contributed by atoms with van der Waals surface area (Å²) in [6, 6.07) is 0. The fourth-order valence-electron chi connectivity index (χ4n) is 1.45. The third-order valence-electron chi connectivity index (χ3n) is 2.41. The largest absolute Gasteiger partial charge is 0.236 e. The van der Waals surface area contributed by atoms with E-state index < -0.39 is 0 Å². The lowest BCUT2D eigenvalue weighted by Gasteiger charge is -2.19. The third-order valence-corrected chi connectivity index (χ3v) is 2.41. The zero-order valence-electron chi connectivity index (χ0n) is 8.00. The Kier molecular flexibility index (Phi) is 2.84. The summed E-state index contributed by atoms with van der Waals surface area (Å²) in [4.78, 5) is 10.3. The summed E-state index contributed by atoms with van der Waals surface area (Å²) >= 11 is 0. The van der Waals surface area contributed by atoms with Gasteiger partial charge in [-0.3, -0.25) is 0 Å². The van der Waals surface area contributed by atoms with Gasteiger partial charge in [-0.05, 0) is 30.8 Å². The molecule has 1 unspecified atom stereocenters. The van der Waals surface area contributed by atoms with Crippen molar-refractivity contribution in [3.05, 3.63) is 16.2 Å². The first-order valence-corrected chi connectivity index (χ1v) is 4.49. The fraction of sp³-hybridized carbons (Fsp3) is 0.778. The van der Waals surface area contributed by atoms with Gasteiger partial charge in [0.15, 0.2) is 0 Å². The molecule has 1 aliphatic rings. The molecule has 12 heavy (non-hydrogen) atoms. The van der Waals surface area contributed by atoms with Crippen molar-refractivity contribution in [3.63, 3.8) is 0 Å². The van der Waals surface area contributed by atoms with Crippen LogP contribution in [0.15, 0.2) is 16.6 Å². The lowest BCUT2D eigenvalue weighted by atomic mass is 10.0. The molecule has 0 amide bonds. The highest BCUT2D eigenvalue weighted by atomic mass is 16.3. The molecule has 0 heterocycles. The molecule has 68 valence electrons. The molecule has 3 heteroatoms. The maximum atomic E-state index is 10.3. The van der Waals surface area contributed by atoms with Gasteiger partial charge in [0.25, 0.3) is 0 Å². The predicted molar refractivity (Wildman–Crippen MR) is 49.3 cm³/mol. The SMILES string of the molecule is CCC(C)C(=C1CC1)N(C)N=O. The quantitative estimate of drug-likeness (QED) is 0.477. The zero-order valence-corrected chi connectivity index (χ0v) is 8.00. The van der Waals surface area contributed by atoms with Crippen molar-refractivity contribution >= 4 is 0 Å². The topological polar surface area (TPSA) is 32.7 Å². The van der Waals surface area contributed by atoms with Crippen LogP contribution in [0, 0.1) is 10.8 Å². The maximum Gasteiger partial charge on any atom is 0.0568 e. The van der Waals surface area contributed by atoms with Crippen molar-refractivity contribution in [3.8, 4) is 0 Å². The molecule has 0 radical (unpaired) electrons. The summed E-state index contributed by atoms with van der Waals surface area (Å²) in [5, 5.41) is 4.43. The Hall–Kier alpha value is -0.860. The molecular weight excluding hydrogens is 152 g/mol. The van der Waals surface area contributed by atoms with Crippen molar-refractivity contribution in [2.24, 2.45) is 11.2 Å². The van der Waals surface area contributed by atoms with E-state index in [9.17, 15) is 4.91 Å². The average molecular weight is 168 g/mol. The van der Waals surface area contributed by atoms with E-state index >= 15 is 0 Å². The minimum absolute atomic E-state index is 0.463. The zero-order chi connectivity index (χ0) is 9.14. The van der Waals surface area contributed by atoms with Crippen LogP contribution in [0.1, 0.15) is 33.1 Å². The van der Waals surface area contributed by atoms with E-state index in [0.29, 0.717) is 5.92 Å². The Balaban J connectivity index is 2.75. The molecule has 1 rings (SSSR count). The van der Waals surface area contributed by atoms with E-state index in [0.717, 1.165) is 25.0 Å². The van der Waals surface area contributed by atoms with E-state index in [4.69, 9.17) is 0 Å². The molecule has 1 saturated carbocycles. The van der Waals surface area contributed by atoms with Gasteiger partial charge in [-0.2, -0.15) is 0 Å². The van der Waals surface area contributed by atoms with Crippen molar-refractivity contribution in [1.29, 1.82) is 0 Å². The summed E-state index contributed by atoms with van der Waals surface area (Å²) in [6.45, 7) is 4.27. The molecule has 0 saturated heterocycles. The minimum Gasteiger partial charge on any atom is -0.236 e. The van der Waals surface area contributed by atoms with Gasteiger partial charge in [-0.25, -0.2) is 5.01 Å². The molecule has 0 aromatic heterocycles. The van der Waals surface area contributed by atoms with Crippen molar-refractivity contribution < 1.29 is 0 Å². The van der Waals surface area contributed by atoms with E-state index in [2.05, 4.69) is 19.1 Å². The van der Waals surface area contributed by atoms with Gasteiger partial charge < -0.3 is 0 Å². The van der Waals surface area contributed by atoms with Crippen molar-refractivity contribution in [2.45, 2.75) is 33.1 Å². The molecule has 1 aliphatic carbocycles. The highest BCUT2D eigenvalue weighted by Crippen LogP contribution is 2.36. The number of hydrogen-bond acceptors (Lipinski definition) is 2.